The lowest BCUT2D eigenvalue weighted by Gasteiger charge is -2.54. The zero-order chi connectivity index (χ0) is 38.0. The van der Waals surface area contributed by atoms with Crippen LogP contribution in [0.3, 0.4) is 0 Å². The highest BCUT2D eigenvalue weighted by Crippen LogP contribution is 2.51. The number of anilines is 1. The second-order valence-electron chi connectivity index (χ2n) is 16.0. The van der Waals surface area contributed by atoms with Crippen LogP contribution < -0.4 is 10.2 Å². The van der Waals surface area contributed by atoms with Crippen LogP contribution in [0.5, 0.6) is 0 Å². The molecule has 0 radical (unpaired) electrons. The number of nitrogens with one attached hydrogen (secondary N) is 1. The molecule has 12 heteroatoms. The van der Waals surface area contributed by atoms with E-state index in [2.05, 4.69) is 26.1 Å². The van der Waals surface area contributed by atoms with Crippen LogP contribution in [-0.2, 0) is 20.0 Å². The Morgan fingerprint density at radius 1 is 0.870 bits per heavy atom. The summed E-state index contributed by atoms with van der Waals surface area (Å²) in [6.45, 7) is 7.81. The minimum absolute atomic E-state index is 0.0123. The molecule has 1 N–H and O–H groups in total. The summed E-state index contributed by atoms with van der Waals surface area (Å²) >= 11 is 0. The van der Waals surface area contributed by atoms with Crippen LogP contribution in [0.25, 0.3) is 0 Å². The number of ether oxygens (including phenoxy) is 1. The molecule has 0 aromatic heterocycles. The van der Waals surface area contributed by atoms with Crippen molar-refractivity contribution in [2.45, 2.75) is 59.8 Å². The molecule has 0 unspecified atom stereocenters. The summed E-state index contributed by atoms with van der Waals surface area (Å²) in [4.78, 5) is 34.0. The number of piperidine rings is 1. The highest BCUT2D eigenvalue weighted by molar-refractivity contribution is 7.91. The van der Waals surface area contributed by atoms with Crippen LogP contribution >= 0.6 is 0 Å². The van der Waals surface area contributed by atoms with Gasteiger partial charge in [-0.3, -0.25) is 4.79 Å². The van der Waals surface area contributed by atoms with E-state index in [0.29, 0.717) is 17.4 Å². The SMILES string of the molecule is COC(=O)N[C@H]1CCC[C@@H]1[C@](CN1CCC1)(c1cccc(F)c1)C1CCN(CC2CN(c3ccc(S(=O)(=O)c4ccc(C(=O)N(C)C)cc4)cc3)C2)CC1. The van der Waals surface area contributed by atoms with E-state index in [-0.39, 0.29) is 38.9 Å². The number of rotatable bonds is 12. The molecule has 10 nitrogen and oxygen atoms in total. The topological polar surface area (TPSA) is 102 Å². The Morgan fingerprint density at radius 3 is 2.13 bits per heavy atom. The third kappa shape index (κ3) is 7.75. The maximum Gasteiger partial charge on any atom is 0.407 e. The lowest BCUT2D eigenvalue weighted by atomic mass is 9.57. The van der Waals surface area contributed by atoms with Crippen molar-refractivity contribution in [1.29, 1.82) is 0 Å². The third-order valence-electron chi connectivity index (χ3n) is 12.6. The van der Waals surface area contributed by atoms with Crippen LogP contribution in [0.4, 0.5) is 14.9 Å². The summed E-state index contributed by atoms with van der Waals surface area (Å²) in [5, 5.41) is 3.18. The average Bonchev–Trinajstić information content (AvgIpc) is 3.61. The van der Waals surface area contributed by atoms with E-state index in [4.69, 9.17) is 4.74 Å². The Morgan fingerprint density at radius 2 is 1.54 bits per heavy atom. The molecule has 3 aliphatic heterocycles. The van der Waals surface area contributed by atoms with Crippen molar-refractivity contribution < 1.29 is 27.1 Å². The quantitative estimate of drug-likeness (QED) is 0.252. The van der Waals surface area contributed by atoms with Crippen molar-refractivity contribution in [3.8, 4) is 0 Å². The zero-order valence-corrected chi connectivity index (χ0v) is 32.6. The van der Waals surface area contributed by atoms with Gasteiger partial charge in [-0.1, -0.05) is 18.6 Å². The molecule has 7 rings (SSSR count). The molecule has 3 aromatic carbocycles. The smallest absolute Gasteiger partial charge is 0.407 e. The molecule has 3 aromatic rings. The van der Waals surface area contributed by atoms with Gasteiger partial charge in [-0.05, 0) is 136 Å². The molecular formula is C42H54FN5O5S. The van der Waals surface area contributed by atoms with Gasteiger partial charge in [0.2, 0.25) is 9.84 Å². The first-order valence-electron chi connectivity index (χ1n) is 19.4. The lowest BCUT2D eigenvalue weighted by molar-refractivity contribution is 0.0223. The van der Waals surface area contributed by atoms with Gasteiger partial charge in [0.15, 0.2) is 0 Å². The first kappa shape index (κ1) is 38.3. The number of nitrogens with zero attached hydrogens (tertiary/aromatic N) is 4. The summed E-state index contributed by atoms with van der Waals surface area (Å²) in [5.74, 6) is 0.683. The summed E-state index contributed by atoms with van der Waals surface area (Å²) in [6, 6.07) is 20.5. The minimum Gasteiger partial charge on any atom is -0.453 e. The molecule has 0 spiro atoms. The Kier molecular flexibility index (Phi) is 11.3. The van der Waals surface area contributed by atoms with E-state index in [9.17, 15) is 22.4 Å². The number of hydrogen-bond acceptors (Lipinski definition) is 8. The van der Waals surface area contributed by atoms with Gasteiger partial charge in [0.05, 0.1) is 16.9 Å². The van der Waals surface area contributed by atoms with Gasteiger partial charge in [-0.2, -0.15) is 0 Å². The zero-order valence-electron chi connectivity index (χ0n) is 31.8. The number of amides is 2. The first-order chi connectivity index (χ1) is 26.0. The molecule has 1 aliphatic carbocycles. The summed E-state index contributed by atoms with van der Waals surface area (Å²) in [7, 11) is 1.03. The highest BCUT2D eigenvalue weighted by Gasteiger charge is 2.53. The fourth-order valence-corrected chi connectivity index (χ4v) is 10.9. The van der Waals surface area contributed by atoms with Gasteiger partial charge in [-0.15, -0.1) is 0 Å². The van der Waals surface area contributed by atoms with Crippen LogP contribution in [0.15, 0.2) is 82.6 Å². The van der Waals surface area contributed by atoms with Crippen LogP contribution in [0, 0.1) is 23.6 Å². The molecule has 3 heterocycles. The van der Waals surface area contributed by atoms with Crippen molar-refractivity contribution in [2.75, 3.05) is 78.5 Å². The third-order valence-corrected chi connectivity index (χ3v) is 14.4. The predicted octanol–water partition coefficient (Wildman–Crippen LogP) is 5.68. The summed E-state index contributed by atoms with van der Waals surface area (Å²) in [5.41, 5.74) is 2.24. The van der Waals surface area contributed by atoms with Gasteiger partial charge in [0.1, 0.15) is 5.82 Å². The standard InChI is InChI=1S/C42H54FN5O5S/c1-45(2)40(49)31-11-15-36(16-12-31)54(51,52)37-17-13-35(14-18-37)48-27-30(28-48)26-46-23-19-32(20-24-46)42(29-47-21-6-22-47,33-7-4-8-34(43)25-33)38-9-5-10-39(38)44-41(50)53-3/h4,7-8,11-18,25,30,32,38-39H,5-6,9-10,19-24,26-29H2,1-3H3,(H,44,50)/t38-,39-,42-/m0/s1. The van der Waals surface area contributed by atoms with Crippen molar-refractivity contribution in [3.05, 3.63) is 89.7 Å². The Hall–Kier alpha value is -4.00. The summed E-state index contributed by atoms with van der Waals surface area (Å²) < 4.78 is 46.7. The maximum absolute atomic E-state index is 15.0. The molecule has 4 fully saturated rings. The molecule has 54 heavy (non-hydrogen) atoms. The predicted molar refractivity (Wildman–Crippen MR) is 207 cm³/mol. The van der Waals surface area contributed by atoms with E-state index >= 15 is 0 Å². The number of alkyl carbamates (subject to hydrolysis) is 1. The molecular weight excluding hydrogens is 706 g/mol. The lowest BCUT2D eigenvalue weighted by Crippen LogP contribution is -2.60. The van der Waals surface area contributed by atoms with E-state index < -0.39 is 15.9 Å². The number of benzene rings is 3. The number of methoxy groups -OCH3 is 1. The Labute approximate surface area is 319 Å². The Bertz CT molecular complexity index is 1890. The molecule has 4 aliphatic rings. The van der Waals surface area contributed by atoms with Gasteiger partial charge in [-0.25, -0.2) is 17.6 Å². The molecule has 290 valence electrons. The van der Waals surface area contributed by atoms with Crippen molar-refractivity contribution >= 4 is 27.5 Å². The van der Waals surface area contributed by atoms with Gasteiger partial charge in [0.25, 0.3) is 5.91 Å². The number of carbonyl (C=O) groups is 2. The monoisotopic (exact) mass is 759 g/mol. The molecule has 3 saturated heterocycles. The van der Waals surface area contributed by atoms with E-state index in [1.54, 1.807) is 44.4 Å². The van der Waals surface area contributed by atoms with E-state index in [1.165, 1.54) is 36.6 Å². The van der Waals surface area contributed by atoms with Crippen LogP contribution in [0.1, 0.15) is 54.4 Å². The molecule has 2 amide bonds. The second kappa shape index (κ2) is 16.0. The van der Waals surface area contributed by atoms with E-state index in [0.717, 1.165) is 95.7 Å². The number of likely N-dealkylation sites (tertiary alicyclic amines) is 2. The minimum atomic E-state index is -3.71. The van der Waals surface area contributed by atoms with Crippen LogP contribution in [-0.4, -0.2) is 115 Å². The number of carbonyl (C=O) groups excluding carboxylic acids is 2. The summed E-state index contributed by atoms with van der Waals surface area (Å²) in [6.07, 6.45) is 5.76. The second-order valence-corrected chi connectivity index (χ2v) is 18.0. The van der Waals surface area contributed by atoms with Gasteiger partial charge >= 0.3 is 6.09 Å². The Balaban J connectivity index is 0.985. The average molecular weight is 760 g/mol. The number of halogens is 1. The van der Waals surface area contributed by atoms with E-state index in [1.807, 2.05) is 18.2 Å². The van der Waals surface area contributed by atoms with Crippen molar-refractivity contribution in [3.63, 3.8) is 0 Å². The van der Waals surface area contributed by atoms with Crippen LogP contribution in [0.2, 0.25) is 0 Å². The van der Waals surface area contributed by atoms with Crippen molar-refractivity contribution in [2.24, 2.45) is 17.8 Å². The molecule has 1 saturated carbocycles. The maximum atomic E-state index is 15.0. The molecule has 3 atom stereocenters. The fraction of sp³-hybridized carbons (Fsp3) is 0.524. The number of hydrogen-bond donors (Lipinski definition) is 1. The molecule has 0 bridgehead atoms. The number of sulfone groups is 1. The largest absolute Gasteiger partial charge is 0.453 e. The van der Waals surface area contributed by atoms with Gasteiger partial charge < -0.3 is 29.7 Å². The first-order valence-corrected chi connectivity index (χ1v) is 20.9. The normalized spacial score (nSPS) is 22.6. The highest BCUT2D eigenvalue weighted by atomic mass is 32.2. The van der Waals surface area contributed by atoms with Crippen molar-refractivity contribution in [1.82, 2.24) is 20.0 Å². The van der Waals surface area contributed by atoms with Gasteiger partial charge in [0, 0.05) is 68.9 Å². The fourth-order valence-electron chi connectivity index (χ4n) is 9.64.